The molecule has 0 amide bonds. The zero-order valence-electron chi connectivity index (χ0n) is 11.7. The van der Waals surface area contributed by atoms with Crippen molar-refractivity contribution in [3.8, 4) is 5.75 Å². The van der Waals surface area contributed by atoms with Gasteiger partial charge >= 0.3 is 7.12 Å². The highest BCUT2D eigenvalue weighted by Gasteiger charge is 2.10. The Kier molecular flexibility index (Phi) is 4.66. The Labute approximate surface area is 119 Å². The van der Waals surface area contributed by atoms with Gasteiger partial charge in [0.05, 0.1) is 7.11 Å². The van der Waals surface area contributed by atoms with Crippen molar-refractivity contribution in [1.82, 2.24) is 0 Å². The molecule has 0 aromatic heterocycles. The maximum atomic E-state index is 9.06. The van der Waals surface area contributed by atoms with E-state index in [0.29, 0.717) is 5.46 Å². The van der Waals surface area contributed by atoms with Gasteiger partial charge in [0.25, 0.3) is 0 Å². The lowest BCUT2D eigenvalue weighted by atomic mass is 9.80. The number of hydrogen-bond donors (Lipinski definition) is 2. The fraction of sp³-hybridized carbons (Fsp3) is 0.200. The van der Waals surface area contributed by atoms with Crippen molar-refractivity contribution < 1.29 is 14.8 Å². The van der Waals surface area contributed by atoms with E-state index in [4.69, 9.17) is 14.8 Å². The molecule has 0 saturated carbocycles. The molecular weight excluding hydrogens is 253 g/mol. The van der Waals surface area contributed by atoms with Gasteiger partial charge in [0, 0.05) is 25.3 Å². The Hall–Kier alpha value is -1.98. The first-order chi connectivity index (χ1) is 9.60. The lowest BCUT2D eigenvalue weighted by Crippen LogP contribution is -2.29. The van der Waals surface area contributed by atoms with Crippen LogP contribution in [0.25, 0.3) is 0 Å². The van der Waals surface area contributed by atoms with Gasteiger partial charge in [0.2, 0.25) is 0 Å². The molecule has 2 aromatic rings. The lowest BCUT2D eigenvalue weighted by molar-refractivity contribution is 0.415. The van der Waals surface area contributed by atoms with Crippen LogP contribution in [-0.4, -0.2) is 31.3 Å². The first-order valence-corrected chi connectivity index (χ1v) is 6.40. The summed E-state index contributed by atoms with van der Waals surface area (Å²) in [4.78, 5) is 2.10. The zero-order chi connectivity index (χ0) is 14.5. The predicted octanol–water partition coefficient (Wildman–Crippen LogP) is 1.01. The molecule has 5 heteroatoms. The molecule has 2 N–H and O–H groups in total. The van der Waals surface area contributed by atoms with Gasteiger partial charge in [-0.1, -0.05) is 30.3 Å². The standard InChI is InChI=1S/C15H18BNO3/c1-17(14-4-3-5-15(10-14)20-2)11-12-6-8-13(9-7-12)16(18)19/h3-10,18-19H,11H2,1-2H3. The van der Waals surface area contributed by atoms with Crippen molar-refractivity contribution in [2.45, 2.75) is 6.54 Å². The van der Waals surface area contributed by atoms with Gasteiger partial charge in [-0.05, 0) is 23.2 Å². The van der Waals surface area contributed by atoms with Crippen molar-refractivity contribution in [3.63, 3.8) is 0 Å². The second-order valence-electron chi connectivity index (χ2n) is 4.67. The fourth-order valence-corrected chi connectivity index (χ4v) is 2.01. The molecule has 2 rings (SSSR count). The average Bonchev–Trinajstić information content (AvgIpc) is 2.47. The van der Waals surface area contributed by atoms with E-state index in [1.54, 1.807) is 19.2 Å². The van der Waals surface area contributed by atoms with Crippen LogP contribution >= 0.6 is 0 Å². The third-order valence-corrected chi connectivity index (χ3v) is 3.19. The molecule has 0 spiro atoms. The lowest BCUT2D eigenvalue weighted by Gasteiger charge is -2.20. The van der Waals surface area contributed by atoms with Crippen LogP contribution in [0, 0.1) is 0 Å². The predicted molar refractivity (Wildman–Crippen MR) is 81.4 cm³/mol. The van der Waals surface area contributed by atoms with Gasteiger partial charge in [-0.2, -0.15) is 0 Å². The van der Waals surface area contributed by atoms with Crippen LogP contribution in [-0.2, 0) is 6.54 Å². The normalized spacial score (nSPS) is 10.2. The first kappa shape index (κ1) is 14.4. The molecule has 4 nitrogen and oxygen atoms in total. The van der Waals surface area contributed by atoms with Crippen molar-refractivity contribution in [2.75, 3.05) is 19.1 Å². The summed E-state index contributed by atoms with van der Waals surface area (Å²) in [6, 6.07) is 15.1. The number of benzene rings is 2. The van der Waals surface area contributed by atoms with Crippen LogP contribution < -0.4 is 15.1 Å². The zero-order valence-corrected chi connectivity index (χ0v) is 11.7. The van der Waals surface area contributed by atoms with Crippen molar-refractivity contribution >= 4 is 18.3 Å². The minimum Gasteiger partial charge on any atom is -0.497 e. The summed E-state index contributed by atoms with van der Waals surface area (Å²) in [6.07, 6.45) is 0. The van der Waals surface area contributed by atoms with Gasteiger partial charge < -0.3 is 19.7 Å². The topological polar surface area (TPSA) is 52.9 Å². The maximum Gasteiger partial charge on any atom is 0.488 e. The van der Waals surface area contributed by atoms with E-state index in [1.807, 2.05) is 43.4 Å². The van der Waals surface area contributed by atoms with E-state index in [0.717, 1.165) is 23.5 Å². The van der Waals surface area contributed by atoms with Crippen molar-refractivity contribution in [2.24, 2.45) is 0 Å². The summed E-state index contributed by atoms with van der Waals surface area (Å²) in [5.41, 5.74) is 2.66. The highest BCUT2D eigenvalue weighted by atomic mass is 16.5. The number of ether oxygens (including phenoxy) is 1. The molecule has 0 unspecified atom stereocenters. The molecule has 2 aromatic carbocycles. The molecule has 20 heavy (non-hydrogen) atoms. The third-order valence-electron chi connectivity index (χ3n) is 3.19. The second-order valence-corrected chi connectivity index (χ2v) is 4.67. The van der Waals surface area contributed by atoms with Crippen LogP contribution in [0.2, 0.25) is 0 Å². The Morgan fingerprint density at radius 2 is 1.80 bits per heavy atom. The molecule has 0 saturated heterocycles. The molecule has 104 valence electrons. The molecule has 0 aliphatic heterocycles. The first-order valence-electron chi connectivity index (χ1n) is 6.40. The summed E-state index contributed by atoms with van der Waals surface area (Å²) in [5, 5.41) is 18.1. The van der Waals surface area contributed by atoms with Crippen LogP contribution in [0.4, 0.5) is 5.69 Å². The quantitative estimate of drug-likeness (QED) is 0.797. The molecule has 0 atom stereocenters. The van der Waals surface area contributed by atoms with Gasteiger partial charge in [0.1, 0.15) is 5.75 Å². The van der Waals surface area contributed by atoms with Crippen molar-refractivity contribution in [1.29, 1.82) is 0 Å². The average molecular weight is 271 g/mol. The minimum atomic E-state index is -1.42. The molecule has 0 fully saturated rings. The Balaban J connectivity index is 2.08. The largest absolute Gasteiger partial charge is 0.497 e. The third kappa shape index (κ3) is 3.53. The van der Waals surface area contributed by atoms with Gasteiger partial charge in [0.15, 0.2) is 0 Å². The Morgan fingerprint density at radius 3 is 2.40 bits per heavy atom. The second kappa shape index (κ2) is 6.46. The SMILES string of the molecule is COc1cccc(N(C)Cc2ccc(B(O)O)cc2)c1. The summed E-state index contributed by atoms with van der Waals surface area (Å²) >= 11 is 0. The number of rotatable bonds is 5. The highest BCUT2D eigenvalue weighted by Crippen LogP contribution is 2.21. The molecule has 0 aliphatic carbocycles. The molecule has 0 heterocycles. The highest BCUT2D eigenvalue weighted by molar-refractivity contribution is 6.58. The minimum absolute atomic E-state index is 0.498. The van der Waals surface area contributed by atoms with Gasteiger partial charge in [-0.25, -0.2) is 0 Å². The number of methoxy groups -OCH3 is 1. The summed E-state index contributed by atoms with van der Waals surface area (Å²) in [7, 11) is 2.24. The van der Waals surface area contributed by atoms with Crippen LogP contribution in [0.15, 0.2) is 48.5 Å². The molecular formula is C15H18BNO3. The number of hydrogen-bond acceptors (Lipinski definition) is 4. The maximum absolute atomic E-state index is 9.06. The summed E-state index contributed by atoms with van der Waals surface area (Å²) in [5.74, 6) is 0.827. The fourth-order valence-electron chi connectivity index (χ4n) is 2.01. The van der Waals surface area contributed by atoms with E-state index >= 15 is 0 Å². The number of nitrogens with zero attached hydrogens (tertiary/aromatic N) is 1. The Morgan fingerprint density at radius 1 is 1.10 bits per heavy atom. The van der Waals surface area contributed by atoms with E-state index in [2.05, 4.69) is 4.90 Å². The summed E-state index contributed by atoms with van der Waals surface area (Å²) in [6.45, 7) is 0.731. The smallest absolute Gasteiger partial charge is 0.488 e. The molecule has 0 aliphatic rings. The molecule has 0 radical (unpaired) electrons. The Bertz CT molecular complexity index is 557. The van der Waals surface area contributed by atoms with E-state index < -0.39 is 7.12 Å². The van der Waals surface area contributed by atoms with Crippen LogP contribution in [0.5, 0.6) is 5.75 Å². The number of anilines is 1. The summed E-state index contributed by atoms with van der Waals surface area (Å²) < 4.78 is 5.22. The molecule has 0 bridgehead atoms. The van der Waals surface area contributed by atoms with Crippen molar-refractivity contribution in [3.05, 3.63) is 54.1 Å². The van der Waals surface area contributed by atoms with E-state index in [9.17, 15) is 0 Å². The van der Waals surface area contributed by atoms with Gasteiger partial charge in [-0.15, -0.1) is 0 Å². The van der Waals surface area contributed by atoms with E-state index in [1.165, 1.54) is 0 Å². The monoisotopic (exact) mass is 271 g/mol. The van der Waals surface area contributed by atoms with Crippen LogP contribution in [0.1, 0.15) is 5.56 Å². The van der Waals surface area contributed by atoms with Gasteiger partial charge in [-0.3, -0.25) is 0 Å². The van der Waals surface area contributed by atoms with Crippen LogP contribution in [0.3, 0.4) is 0 Å². The van der Waals surface area contributed by atoms with E-state index in [-0.39, 0.29) is 0 Å².